The number of rotatable bonds is 0. The molecule has 1 aromatic rings. The van der Waals surface area contributed by atoms with E-state index in [0.29, 0.717) is 0 Å². The second-order valence-corrected chi connectivity index (χ2v) is 4.08. The molecular weight excluding hydrogens is 182 g/mol. The fraction of sp³-hybridized carbons (Fsp3) is 0.143. The van der Waals surface area contributed by atoms with Crippen LogP contribution in [0.25, 0.3) is 6.08 Å². The molecule has 0 aliphatic heterocycles. The fourth-order valence-corrected chi connectivity index (χ4v) is 2.26. The van der Waals surface area contributed by atoms with Gasteiger partial charge in [-0.15, -0.1) is 0 Å². The van der Waals surface area contributed by atoms with Gasteiger partial charge >= 0.3 is 0 Å². The average Bonchev–Trinajstić information content (AvgIpc) is 2.27. The summed E-state index contributed by atoms with van der Waals surface area (Å²) in [4.78, 5) is 0. The van der Waals surface area contributed by atoms with Crippen molar-refractivity contribution < 1.29 is 0 Å². The minimum absolute atomic E-state index is 0.0679. The lowest BCUT2D eigenvalue weighted by atomic mass is 9.82. The molecule has 1 aromatic carbocycles. The molecule has 0 spiro atoms. The summed E-state index contributed by atoms with van der Waals surface area (Å²) in [6.07, 6.45) is 9.51. The summed E-state index contributed by atoms with van der Waals surface area (Å²) in [6.45, 7) is 0. The minimum atomic E-state index is 0.0679. The van der Waals surface area contributed by atoms with E-state index < -0.39 is 0 Å². The molecule has 2 aliphatic carbocycles. The Balaban J connectivity index is 2.16. The maximum Gasteiger partial charge on any atom is 0.0487 e. The first-order valence-electron chi connectivity index (χ1n) is 5.27. The monoisotopic (exact) mass is 195 g/mol. The van der Waals surface area contributed by atoms with Gasteiger partial charge in [0.2, 0.25) is 0 Å². The van der Waals surface area contributed by atoms with Gasteiger partial charge < -0.3 is 5.73 Å². The van der Waals surface area contributed by atoms with Crippen LogP contribution >= 0.6 is 0 Å². The van der Waals surface area contributed by atoms with Crippen LogP contribution in [0.4, 0.5) is 0 Å². The molecular formula is C14H13N. The molecule has 1 heteroatoms. The number of hydrogen-bond donors (Lipinski definition) is 1. The predicted molar refractivity (Wildman–Crippen MR) is 63.3 cm³/mol. The van der Waals surface area contributed by atoms with Crippen molar-refractivity contribution in [2.75, 3.05) is 0 Å². The summed E-state index contributed by atoms with van der Waals surface area (Å²) in [7, 11) is 0. The van der Waals surface area contributed by atoms with Crippen molar-refractivity contribution >= 4 is 6.08 Å². The van der Waals surface area contributed by atoms with Crippen LogP contribution in [0.2, 0.25) is 0 Å². The third kappa shape index (κ3) is 1.36. The molecule has 3 rings (SSSR count). The molecule has 0 saturated carbocycles. The van der Waals surface area contributed by atoms with Crippen LogP contribution in [0, 0.1) is 0 Å². The first-order chi connectivity index (χ1) is 7.34. The van der Waals surface area contributed by atoms with Crippen molar-refractivity contribution in [2.45, 2.75) is 12.5 Å². The molecule has 74 valence electrons. The Kier molecular flexibility index (Phi) is 1.86. The Morgan fingerprint density at radius 2 is 2.07 bits per heavy atom. The summed E-state index contributed by atoms with van der Waals surface area (Å²) >= 11 is 0. The van der Waals surface area contributed by atoms with E-state index in [1.165, 1.54) is 22.3 Å². The number of nitrogens with two attached hydrogens (primary N) is 1. The van der Waals surface area contributed by atoms with E-state index in [4.69, 9.17) is 5.73 Å². The van der Waals surface area contributed by atoms with Gasteiger partial charge in [0, 0.05) is 6.04 Å². The zero-order valence-electron chi connectivity index (χ0n) is 8.48. The Bertz CT molecular complexity index is 492. The first kappa shape index (κ1) is 8.69. The average molecular weight is 195 g/mol. The highest BCUT2D eigenvalue weighted by atomic mass is 14.6. The number of allylic oxidation sites excluding steroid dienone is 2. The molecule has 1 atom stereocenters. The first-order valence-corrected chi connectivity index (χ1v) is 5.27. The summed E-state index contributed by atoms with van der Waals surface area (Å²) in [5.41, 5.74) is 11.4. The van der Waals surface area contributed by atoms with E-state index in [-0.39, 0.29) is 6.04 Å². The largest absolute Gasteiger partial charge is 0.321 e. The third-order valence-electron chi connectivity index (χ3n) is 3.09. The van der Waals surface area contributed by atoms with Gasteiger partial charge in [-0.05, 0) is 34.8 Å². The highest BCUT2D eigenvalue weighted by molar-refractivity contribution is 5.69. The predicted octanol–water partition coefficient (Wildman–Crippen LogP) is 2.45. The maximum atomic E-state index is 6.05. The van der Waals surface area contributed by atoms with Crippen LogP contribution in [0.1, 0.15) is 11.1 Å². The van der Waals surface area contributed by atoms with Gasteiger partial charge in [0.25, 0.3) is 0 Å². The van der Waals surface area contributed by atoms with E-state index in [1.807, 2.05) is 6.08 Å². The smallest absolute Gasteiger partial charge is 0.0487 e. The number of benzene rings is 1. The van der Waals surface area contributed by atoms with Crippen LogP contribution in [0.3, 0.4) is 0 Å². The molecule has 2 N–H and O–H groups in total. The molecule has 0 saturated heterocycles. The molecule has 0 bridgehead atoms. The van der Waals surface area contributed by atoms with Crippen molar-refractivity contribution in [3.05, 3.63) is 64.8 Å². The Labute approximate surface area is 89.6 Å². The van der Waals surface area contributed by atoms with Crippen molar-refractivity contribution in [3.63, 3.8) is 0 Å². The zero-order valence-corrected chi connectivity index (χ0v) is 8.48. The van der Waals surface area contributed by atoms with E-state index in [9.17, 15) is 0 Å². The van der Waals surface area contributed by atoms with E-state index in [2.05, 4.69) is 42.5 Å². The molecule has 0 radical (unpaired) electrons. The van der Waals surface area contributed by atoms with Gasteiger partial charge in [0.05, 0.1) is 0 Å². The summed E-state index contributed by atoms with van der Waals surface area (Å²) in [6, 6.07) is 8.58. The standard InChI is InChI=1S/C14H13N/c15-14-7-3-6-12-8-10-4-1-2-5-11(10)9-13(12)14/h1-7,9,14H,8,15H2. The Morgan fingerprint density at radius 3 is 3.00 bits per heavy atom. The lowest BCUT2D eigenvalue weighted by molar-refractivity contribution is 0.921. The van der Waals surface area contributed by atoms with Crippen LogP contribution < -0.4 is 5.73 Å². The topological polar surface area (TPSA) is 26.0 Å². The lowest BCUT2D eigenvalue weighted by Crippen LogP contribution is -2.25. The van der Waals surface area contributed by atoms with Crippen molar-refractivity contribution in [1.82, 2.24) is 0 Å². The summed E-state index contributed by atoms with van der Waals surface area (Å²) < 4.78 is 0. The second kappa shape index (κ2) is 3.21. The van der Waals surface area contributed by atoms with Crippen LogP contribution in [-0.4, -0.2) is 6.04 Å². The Hall–Kier alpha value is -1.60. The molecule has 0 heterocycles. The highest BCUT2D eigenvalue weighted by Gasteiger charge is 2.19. The summed E-state index contributed by atoms with van der Waals surface area (Å²) in [5.74, 6) is 0. The van der Waals surface area contributed by atoms with Crippen LogP contribution in [0.15, 0.2) is 53.6 Å². The molecule has 1 nitrogen and oxygen atoms in total. The molecule has 0 amide bonds. The molecule has 0 fully saturated rings. The van der Waals surface area contributed by atoms with E-state index in [0.717, 1.165) is 6.42 Å². The van der Waals surface area contributed by atoms with Gasteiger partial charge in [-0.25, -0.2) is 0 Å². The SMILES string of the molecule is NC1C=CC=C2Cc3ccccc3C=C21. The fourth-order valence-electron chi connectivity index (χ4n) is 2.26. The third-order valence-corrected chi connectivity index (χ3v) is 3.09. The normalized spacial score (nSPS) is 22.6. The Morgan fingerprint density at radius 1 is 1.20 bits per heavy atom. The maximum absolute atomic E-state index is 6.05. The molecule has 2 aliphatic rings. The van der Waals surface area contributed by atoms with E-state index >= 15 is 0 Å². The molecule has 15 heavy (non-hydrogen) atoms. The highest BCUT2D eigenvalue weighted by Crippen LogP contribution is 2.31. The number of fused-ring (bicyclic) bond motifs is 2. The van der Waals surface area contributed by atoms with Gasteiger partial charge in [0.1, 0.15) is 0 Å². The van der Waals surface area contributed by atoms with Crippen molar-refractivity contribution in [3.8, 4) is 0 Å². The van der Waals surface area contributed by atoms with Crippen LogP contribution in [0.5, 0.6) is 0 Å². The van der Waals surface area contributed by atoms with E-state index in [1.54, 1.807) is 0 Å². The van der Waals surface area contributed by atoms with Gasteiger partial charge in [-0.1, -0.05) is 42.5 Å². The van der Waals surface area contributed by atoms with Gasteiger partial charge in [0.15, 0.2) is 0 Å². The van der Waals surface area contributed by atoms with Gasteiger partial charge in [-0.3, -0.25) is 0 Å². The minimum Gasteiger partial charge on any atom is -0.321 e. The zero-order chi connectivity index (χ0) is 10.3. The molecule has 0 aromatic heterocycles. The van der Waals surface area contributed by atoms with Crippen LogP contribution in [-0.2, 0) is 6.42 Å². The second-order valence-electron chi connectivity index (χ2n) is 4.08. The molecule has 1 unspecified atom stereocenters. The van der Waals surface area contributed by atoms with Crippen molar-refractivity contribution in [1.29, 1.82) is 0 Å². The number of hydrogen-bond acceptors (Lipinski definition) is 1. The van der Waals surface area contributed by atoms with Crippen molar-refractivity contribution in [2.24, 2.45) is 5.73 Å². The summed E-state index contributed by atoms with van der Waals surface area (Å²) in [5, 5.41) is 0. The van der Waals surface area contributed by atoms with Gasteiger partial charge in [-0.2, -0.15) is 0 Å². The quantitative estimate of drug-likeness (QED) is 0.676. The lowest BCUT2D eigenvalue weighted by Gasteiger charge is -2.24.